The van der Waals surface area contributed by atoms with E-state index in [0.717, 1.165) is 4.88 Å². The third-order valence-electron chi connectivity index (χ3n) is 2.13. The average Bonchev–Trinajstić information content (AvgIpc) is 2.74. The van der Waals surface area contributed by atoms with Crippen molar-refractivity contribution in [2.24, 2.45) is 0 Å². The van der Waals surface area contributed by atoms with Gasteiger partial charge in [-0.05, 0) is 12.1 Å². The van der Waals surface area contributed by atoms with Gasteiger partial charge in [0.25, 0.3) is 5.69 Å². The topological polar surface area (TPSA) is 68.1 Å². The molecule has 0 fully saturated rings. The molecule has 94 valence electrons. The van der Waals surface area contributed by atoms with Crippen LogP contribution in [0.4, 0.5) is 11.4 Å². The number of hydrogen-bond acceptors (Lipinski definition) is 5. The Morgan fingerprint density at radius 2 is 2.22 bits per heavy atom. The van der Waals surface area contributed by atoms with E-state index in [2.05, 4.69) is 10.3 Å². The van der Waals surface area contributed by atoms with Gasteiger partial charge >= 0.3 is 0 Å². The molecule has 0 radical (unpaired) electrons. The van der Waals surface area contributed by atoms with Crippen molar-refractivity contribution in [1.29, 1.82) is 0 Å². The average molecular weight is 304 g/mol. The van der Waals surface area contributed by atoms with Gasteiger partial charge in [0.2, 0.25) is 0 Å². The van der Waals surface area contributed by atoms with Crippen molar-refractivity contribution >= 4 is 45.9 Å². The van der Waals surface area contributed by atoms with Crippen LogP contribution < -0.4 is 5.32 Å². The lowest BCUT2D eigenvalue weighted by Gasteiger charge is -2.04. The van der Waals surface area contributed by atoms with Crippen LogP contribution in [0.3, 0.4) is 0 Å². The largest absolute Gasteiger partial charge is 0.380 e. The second-order valence-corrected chi connectivity index (χ2v) is 5.46. The van der Waals surface area contributed by atoms with Gasteiger partial charge in [-0.25, -0.2) is 4.98 Å². The van der Waals surface area contributed by atoms with Gasteiger partial charge < -0.3 is 5.32 Å². The van der Waals surface area contributed by atoms with Gasteiger partial charge in [-0.3, -0.25) is 10.1 Å². The fourth-order valence-corrected chi connectivity index (χ4v) is 2.42. The first-order valence-corrected chi connectivity index (χ1v) is 6.41. The van der Waals surface area contributed by atoms with Crippen molar-refractivity contribution in [3.63, 3.8) is 0 Å². The van der Waals surface area contributed by atoms with E-state index in [0.29, 0.717) is 16.7 Å². The van der Waals surface area contributed by atoms with E-state index in [1.807, 2.05) is 0 Å². The van der Waals surface area contributed by atoms with Crippen molar-refractivity contribution in [3.8, 4) is 0 Å². The molecule has 2 rings (SSSR count). The summed E-state index contributed by atoms with van der Waals surface area (Å²) in [6.45, 7) is 0.503. The van der Waals surface area contributed by atoms with Crippen LogP contribution >= 0.6 is 34.5 Å². The number of nitrogens with zero attached hydrogens (tertiary/aromatic N) is 2. The lowest BCUT2D eigenvalue weighted by molar-refractivity contribution is -0.384. The molecule has 0 bridgehead atoms. The first-order chi connectivity index (χ1) is 8.56. The molecule has 0 aliphatic rings. The number of benzene rings is 1. The highest BCUT2D eigenvalue weighted by Crippen LogP contribution is 2.28. The van der Waals surface area contributed by atoms with Gasteiger partial charge in [0.1, 0.15) is 5.02 Å². The van der Waals surface area contributed by atoms with Crippen molar-refractivity contribution in [2.45, 2.75) is 6.54 Å². The van der Waals surface area contributed by atoms with Crippen LogP contribution in [0, 0.1) is 10.1 Å². The van der Waals surface area contributed by atoms with E-state index in [-0.39, 0.29) is 10.7 Å². The number of nitrogens with one attached hydrogen (secondary N) is 1. The van der Waals surface area contributed by atoms with Crippen LogP contribution in [0.2, 0.25) is 9.49 Å². The molecule has 0 unspecified atom stereocenters. The summed E-state index contributed by atoms with van der Waals surface area (Å²) in [7, 11) is 0. The maximum absolute atomic E-state index is 10.7. The van der Waals surface area contributed by atoms with Crippen LogP contribution in [0.25, 0.3) is 0 Å². The van der Waals surface area contributed by atoms with Gasteiger partial charge in [0.05, 0.1) is 11.5 Å². The third-order valence-corrected chi connectivity index (χ3v) is 3.57. The second kappa shape index (κ2) is 5.51. The Morgan fingerprint density at radius 1 is 1.44 bits per heavy atom. The Balaban J connectivity index is 2.10. The molecular weight excluding hydrogens is 297 g/mol. The Kier molecular flexibility index (Phi) is 4.00. The normalized spacial score (nSPS) is 10.3. The predicted molar refractivity (Wildman–Crippen MR) is 72.6 cm³/mol. The smallest absolute Gasteiger partial charge is 0.289 e. The molecule has 0 saturated heterocycles. The summed E-state index contributed by atoms with van der Waals surface area (Å²) >= 11 is 12.8. The van der Waals surface area contributed by atoms with Gasteiger partial charge in [-0.2, -0.15) is 0 Å². The number of rotatable bonds is 4. The Hall–Kier alpha value is -1.37. The summed E-state index contributed by atoms with van der Waals surface area (Å²) in [6, 6.07) is 4.56. The van der Waals surface area contributed by atoms with Crippen LogP contribution in [0.5, 0.6) is 0 Å². The van der Waals surface area contributed by atoms with E-state index in [9.17, 15) is 10.1 Å². The Bertz CT molecular complexity index is 588. The number of hydrogen-bond donors (Lipinski definition) is 1. The van der Waals surface area contributed by atoms with E-state index in [4.69, 9.17) is 23.2 Å². The van der Waals surface area contributed by atoms with Crippen LogP contribution in [0.15, 0.2) is 24.4 Å². The van der Waals surface area contributed by atoms with E-state index < -0.39 is 4.92 Å². The molecule has 1 aromatic carbocycles. The maximum atomic E-state index is 10.7. The third kappa shape index (κ3) is 3.10. The van der Waals surface area contributed by atoms with Gasteiger partial charge in [0.15, 0.2) is 4.47 Å². The minimum absolute atomic E-state index is 0.117. The number of nitro groups is 1. The molecule has 8 heteroatoms. The standard InChI is InChI=1S/C10H7Cl2N3O2S/c11-8-2-1-6(3-9(8)15(16)17)13-4-7-5-14-10(12)18-7/h1-3,5,13H,4H2. The van der Waals surface area contributed by atoms with Crippen LogP contribution in [0.1, 0.15) is 4.88 Å². The molecule has 2 aromatic rings. The molecule has 5 nitrogen and oxygen atoms in total. The molecule has 0 spiro atoms. The van der Waals surface area contributed by atoms with Crippen LogP contribution in [-0.2, 0) is 6.54 Å². The monoisotopic (exact) mass is 303 g/mol. The predicted octanol–water partition coefficient (Wildman–Crippen LogP) is 3.97. The summed E-state index contributed by atoms with van der Waals surface area (Å²) in [5, 5.41) is 13.9. The van der Waals surface area contributed by atoms with Gasteiger partial charge in [-0.1, -0.05) is 23.2 Å². The molecule has 0 atom stereocenters. The minimum Gasteiger partial charge on any atom is -0.380 e. The second-order valence-electron chi connectivity index (χ2n) is 3.36. The van der Waals surface area contributed by atoms with E-state index in [1.54, 1.807) is 12.3 Å². The van der Waals surface area contributed by atoms with Crippen molar-refractivity contribution in [1.82, 2.24) is 4.98 Å². The molecule has 18 heavy (non-hydrogen) atoms. The van der Waals surface area contributed by atoms with Crippen molar-refractivity contribution < 1.29 is 4.92 Å². The number of nitro benzene ring substituents is 1. The fourth-order valence-electron chi connectivity index (χ4n) is 1.32. The summed E-state index contributed by atoms with van der Waals surface area (Å²) in [5.41, 5.74) is 0.500. The number of aromatic nitrogens is 1. The van der Waals surface area contributed by atoms with E-state index >= 15 is 0 Å². The van der Waals surface area contributed by atoms with Crippen molar-refractivity contribution in [2.75, 3.05) is 5.32 Å². The zero-order chi connectivity index (χ0) is 13.1. The number of anilines is 1. The van der Waals surface area contributed by atoms with Gasteiger partial charge in [-0.15, -0.1) is 11.3 Å². The first-order valence-electron chi connectivity index (χ1n) is 4.84. The van der Waals surface area contributed by atoms with Crippen LogP contribution in [-0.4, -0.2) is 9.91 Å². The van der Waals surface area contributed by atoms with E-state index in [1.165, 1.54) is 23.5 Å². The quantitative estimate of drug-likeness (QED) is 0.685. The molecule has 0 aliphatic carbocycles. The summed E-state index contributed by atoms with van der Waals surface area (Å²) < 4.78 is 0.467. The summed E-state index contributed by atoms with van der Waals surface area (Å²) in [6.07, 6.45) is 1.66. The Labute approximate surface area is 117 Å². The first kappa shape index (κ1) is 13.1. The minimum atomic E-state index is -0.517. The number of thiazole rings is 1. The Morgan fingerprint density at radius 3 is 2.83 bits per heavy atom. The highest BCUT2D eigenvalue weighted by atomic mass is 35.5. The molecule has 1 aromatic heterocycles. The lowest BCUT2D eigenvalue weighted by Crippen LogP contribution is -1.98. The molecule has 0 amide bonds. The molecule has 1 heterocycles. The molecule has 1 N–H and O–H groups in total. The highest BCUT2D eigenvalue weighted by molar-refractivity contribution is 7.15. The lowest BCUT2D eigenvalue weighted by atomic mass is 10.3. The highest BCUT2D eigenvalue weighted by Gasteiger charge is 2.12. The number of halogens is 2. The molecular formula is C10H7Cl2N3O2S. The summed E-state index contributed by atoms with van der Waals surface area (Å²) in [5.74, 6) is 0. The molecule has 0 saturated carbocycles. The van der Waals surface area contributed by atoms with Crippen molar-refractivity contribution in [3.05, 3.63) is 48.9 Å². The molecule has 0 aliphatic heterocycles. The van der Waals surface area contributed by atoms with Gasteiger partial charge in [0, 0.05) is 22.8 Å². The zero-order valence-electron chi connectivity index (χ0n) is 8.89. The maximum Gasteiger partial charge on any atom is 0.289 e. The fraction of sp³-hybridized carbons (Fsp3) is 0.100. The zero-order valence-corrected chi connectivity index (χ0v) is 11.2. The SMILES string of the molecule is O=[N+]([O-])c1cc(NCc2cnc(Cl)s2)ccc1Cl. The summed E-state index contributed by atoms with van der Waals surface area (Å²) in [4.78, 5) is 15.0.